The van der Waals surface area contributed by atoms with Gasteiger partial charge in [-0.25, -0.2) is 0 Å². The van der Waals surface area contributed by atoms with Crippen molar-refractivity contribution in [1.82, 2.24) is 0 Å². The smallest absolute Gasteiger partial charge is 0.772 e. The van der Waals surface area contributed by atoms with Crippen LogP contribution >= 0.6 is 0 Å². The van der Waals surface area contributed by atoms with Crippen LogP contribution in [0.4, 0.5) is 0 Å². The molecule has 0 aromatic carbocycles. The second-order valence-corrected chi connectivity index (χ2v) is 4.33. The maximum atomic E-state index is 10.0. The van der Waals surface area contributed by atoms with Crippen molar-refractivity contribution in [3.63, 3.8) is 0 Å². The van der Waals surface area contributed by atoms with Crippen molar-refractivity contribution in [2.75, 3.05) is 5.75 Å². The molecular formula is C6H13NaO2S. The van der Waals surface area contributed by atoms with Crippen molar-refractivity contribution in [3.8, 4) is 0 Å². The van der Waals surface area contributed by atoms with Gasteiger partial charge >= 0.3 is 29.6 Å². The molecule has 56 valence electrons. The second-order valence-electron chi connectivity index (χ2n) is 3.32. The Labute approximate surface area is 87.4 Å². The van der Waals surface area contributed by atoms with Crippen molar-refractivity contribution in [2.24, 2.45) is 5.41 Å². The summed E-state index contributed by atoms with van der Waals surface area (Å²) in [6.45, 7) is 6.08. The molecule has 0 spiro atoms. The van der Waals surface area contributed by atoms with Crippen LogP contribution in [0, 0.1) is 5.41 Å². The maximum Gasteiger partial charge on any atom is 1.00 e. The molecule has 4 heteroatoms. The molecule has 0 aliphatic heterocycles. The molecule has 1 atom stereocenters. The summed E-state index contributed by atoms with van der Waals surface area (Å²) in [6.07, 6.45) is 0.739. The fourth-order valence-corrected chi connectivity index (χ4v) is 1.17. The minimum Gasteiger partial charge on any atom is -0.772 e. The van der Waals surface area contributed by atoms with E-state index in [1.54, 1.807) is 0 Å². The minimum absolute atomic E-state index is 0. The van der Waals surface area contributed by atoms with E-state index in [1.807, 2.05) is 20.8 Å². The van der Waals surface area contributed by atoms with Gasteiger partial charge in [-0.2, -0.15) is 0 Å². The summed E-state index contributed by atoms with van der Waals surface area (Å²) in [5, 5.41) is 0. The topological polar surface area (TPSA) is 40.1 Å². The Balaban J connectivity index is 0. The van der Waals surface area contributed by atoms with Crippen molar-refractivity contribution in [2.45, 2.75) is 27.2 Å². The van der Waals surface area contributed by atoms with Gasteiger partial charge in [0.2, 0.25) is 0 Å². The summed E-state index contributed by atoms with van der Waals surface area (Å²) in [5.74, 6) is 0.281. The van der Waals surface area contributed by atoms with Crippen molar-refractivity contribution in [1.29, 1.82) is 0 Å². The van der Waals surface area contributed by atoms with Crippen LogP contribution in [0.3, 0.4) is 0 Å². The Morgan fingerprint density at radius 1 is 1.40 bits per heavy atom. The van der Waals surface area contributed by atoms with Gasteiger partial charge in [-0.3, -0.25) is 4.21 Å². The Morgan fingerprint density at radius 3 is 1.90 bits per heavy atom. The SMILES string of the molecule is CC(C)(C)CCS(=O)[O-].[Na+]. The Hall–Kier alpha value is 1.11. The van der Waals surface area contributed by atoms with Gasteiger partial charge in [0.05, 0.1) is 0 Å². The first-order valence-electron chi connectivity index (χ1n) is 2.98. The molecular weight excluding hydrogens is 159 g/mol. The average Bonchev–Trinajstić information content (AvgIpc) is 1.59. The van der Waals surface area contributed by atoms with Crippen LogP contribution in [0.2, 0.25) is 0 Å². The number of hydrogen-bond acceptors (Lipinski definition) is 2. The number of rotatable bonds is 2. The largest absolute Gasteiger partial charge is 1.00 e. The van der Waals surface area contributed by atoms with Crippen LogP contribution in [0.1, 0.15) is 27.2 Å². The van der Waals surface area contributed by atoms with Crippen LogP contribution in [0.5, 0.6) is 0 Å². The van der Waals surface area contributed by atoms with Crippen LogP contribution in [0.25, 0.3) is 0 Å². The van der Waals surface area contributed by atoms with Gasteiger partial charge in [0, 0.05) is 5.75 Å². The molecule has 0 bridgehead atoms. The number of hydrogen-bond donors (Lipinski definition) is 0. The predicted molar refractivity (Wildman–Crippen MR) is 37.9 cm³/mol. The van der Waals surface area contributed by atoms with E-state index in [4.69, 9.17) is 0 Å². The standard InChI is InChI=1S/C6H14O2S.Na/c1-6(2,3)4-5-9(7)8;/h4-5H2,1-3H3,(H,7,8);/q;+1/p-1. The third kappa shape index (κ3) is 11.9. The molecule has 1 unspecified atom stereocenters. The summed E-state index contributed by atoms with van der Waals surface area (Å²) >= 11 is -1.86. The monoisotopic (exact) mass is 172 g/mol. The summed E-state index contributed by atoms with van der Waals surface area (Å²) in [6, 6.07) is 0. The molecule has 0 N–H and O–H groups in total. The van der Waals surface area contributed by atoms with Gasteiger partial charge in [0.1, 0.15) is 0 Å². The van der Waals surface area contributed by atoms with Gasteiger partial charge in [0.15, 0.2) is 0 Å². The summed E-state index contributed by atoms with van der Waals surface area (Å²) < 4.78 is 20.1. The molecule has 0 aliphatic rings. The van der Waals surface area contributed by atoms with Crippen LogP contribution in [-0.4, -0.2) is 14.5 Å². The molecule has 0 rings (SSSR count). The maximum absolute atomic E-state index is 10.0. The van der Waals surface area contributed by atoms with Gasteiger partial charge in [-0.05, 0) is 11.8 Å². The Morgan fingerprint density at radius 2 is 1.80 bits per heavy atom. The van der Waals surface area contributed by atoms with E-state index in [0.29, 0.717) is 0 Å². The van der Waals surface area contributed by atoms with Crippen LogP contribution in [0.15, 0.2) is 0 Å². The summed E-state index contributed by atoms with van der Waals surface area (Å²) in [5.41, 5.74) is 0.139. The molecule has 0 heterocycles. The first-order valence-corrected chi connectivity index (χ1v) is 4.22. The minimum atomic E-state index is -1.86. The van der Waals surface area contributed by atoms with Crippen molar-refractivity contribution in [3.05, 3.63) is 0 Å². The van der Waals surface area contributed by atoms with E-state index < -0.39 is 11.1 Å². The molecule has 0 aromatic rings. The van der Waals surface area contributed by atoms with E-state index in [1.165, 1.54) is 0 Å². The van der Waals surface area contributed by atoms with Crippen molar-refractivity contribution < 1.29 is 38.3 Å². The molecule has 0 saturated carbocycles. The quantitative estimate of drug-likeness (QED) is 0.368. The van der Waals surface area contributed by atoms with Crippen molar-refractivity contribution >= 4 is 11.1 Å². The second kappa shape index (κ2) is 5.72. The molecule has 0 aliphatic carbocycles. The molecule has 2 nitrogen and oxygen atoms in total. The van der Waals surface area contributed by atoms with E-state index in [0.717, 1.165) is 6.42 Å². The average molecular weight is 172 g/mol. The van der Waals surface area contributed by atoms with Crippen LogP contribution < -0.4 is 29.6 Å². The third-order valence-corrected chi connectivity index (χ3v) is 1.56. The molecule has 10 heavy (non-hydrogen) atoms. The zero-order chi connectivity index (χ0) is 7.49. The zero-order valence-corrected chi connectivity index (χ0v) is 9.96. The normalized spacial score (nSPS) is 14.0. The first kappa shape index (κ1) is 13.7. The molecule has 0 radical (unpaired) electrons. The van der Waals surface area contributed by atoms with E-state index >= 15 is 0 Å². The van der Waals surface area contributed by atoms with Gasteiger partial charge in [-0.15, -0.1) is 0 Å². The molecule has 0 saturated heterocycles. The van der Waals surface area contributed by atoms with E-state index in [9.17, 15) is 8.76 Å². The zero-order valence-electron chi connectivity index (χ0n) is 7.14. The Kier molecular flexibility index (Phi) is 7.83. The molecule has 0 amide bonds. The molecule has 0 fully saturated rings. The van der Waals surface area contributed by atoms with E-state index in [-0.39, 0.29) is 40.7 Å². The summed E-state index contributed by atoms with van der Waals surface area (Å²) in [4.78, 5) is 0. The summed E-state index contributed by atoms with van der Waals surface area (Å²) in [7, 11) is 0. The van der Waals surface area contributed by atoms with Crippen LogP contribution in [-0.2, 0) is 11.1 Å². The Bertz CT molecular complexity index is 109. The first-order chi connectivity index (χ1) is 3.92. The van der Waals surface area contributed by atoms with E-state index in [2.05, 4.69) is 0 Å². The fourth-order valence-electron chi connectivity index (χ4n) is 0.390. The predicted octanol–water partition coefficient (Wildman–Crippen LogP) is -1.69. The van der Waals surface area contributed by atoms with Gasteiger partial charge < -0.3 is 4.55 Å². The third-order valence-electron chi connectivity index (χ3n) is 1.02. The molecule has 0 aromatic heterocycles. The van der Waals surface area contributed by atoms with Gasteiger partial charge in [0.25, 0.3) is 0 Å². The van der Waals surface area contributed by atoms with Gasteiger partial charge in [-0.1, -0.05) is 31.9 Å². The fraction of sp³-hybridized carbons (Fsp3) is 1.00.